The van der Waals surface area contributed by atoms with Crippen molar-refractivity contribution in [1.29, 1.82) is 0 Å². The summed E-state index contributed by atoms with van der Waals surface area (Å²) in [6.07, 6.45) is 0.781. The molecule has 29 heavy (non-hydrogen) atoms. The van der Waals surface area contributed by atoms with E-state index >= 15 is 0 Å². The van der Waals surface area contributed by atoms with Gasteiger partial charge in [-0.25, -0.2) is 4.79 Å². The average molecular weight is 485 g/mol. The van der Waals surface area contributed by atoms with Gasteiger partial charge in [0, 0.05) is 12.5 Å². The van der Waals surface area contributed by atoms with E-state index in [4.69, 9.17) is 25.8 Å². The number of carbonyl (C=O) groups is 2. The van der Waals surface area contributed by atoms with E-state index in [-0.39, 0.29) is 35.3 Å². The van der Waals surface area contributed by atoms with Crippen molar-refractivity contribution < 1.29 is 23.8 Å². The highest BCUT2D eigenvalue weighted by atomic mass is 79.9. The Balaban J connectivity index is 1.92. The SMILES string of the molecule is CCOC(=O)c1cc(Cl)c(NC(=O)CCCOc2ccc(C)cc2Br)cc1OC. The van der Waals surface area contributed by atoms with Crippen LogP contribution >= 0.6 is 27.5 Å². The molecular formula is C21H23BrClNO5. The normalized spacial score (nSPS) is 10.4. The third-order valence-electron chi connectivity index (χ3n) is 3.95. The summed E-state index contributed by atoms with van der Waals surface area (Å²) < 4.78 is 16.8. The van der Waals surface area contributed by atoms with Crippen molar-refractivity contribution in [2.24, 2.45) is 0 Å². The summed E-state index contributed by atoms with van der Waals surface area (Å²) in [6, 6.07) is 8.74. The Hall–Kier alpha value is -2.25. The van der Waals surface area contributed by atoms with Gasteiger partial charge < -0.3 is 19.5 Å². The molecule has 0 aliphatic carbocycles. The number of anilines is 1. The Labute approximate surface area is 183 Å². The number of rotatable bonds is 9. The molecule has 6 nitrogen and oxygen atoms in total. The fourth-order valence-corrected chi connectivity index (χ4v) is 3.36. The number of aryl methyl sites for hydroxylation is 1. The van der Waals surface area contributed by atoms with Crippen molar-refractivity contribution >= 4 is 45.1 Å². The largest absolute Gasteiger partial charge is 0.496 e. The van der Waals surface area contributed by atoms with Crippen molar-refractivity contribution in [2.45, 2.75) is 26.7 Å². The predicted molar refractivity (Wildman–Crippen MR) is 116 cm³/mol. The Morgan fingerprint density at radius 2 is 1.93 bits per heavy atom. The van der Waals surface area contributed by atoms with Gasteiger partial charge in [0.15, 0.2) is 0 Å². The third kappa shape index (κ3) is 6.65. The van der Waals surface area contributed by atoms with Crippen LogP contribution in [0.4, 0.5) is 5.69 Å². The fraction of sp³-hybridized carbons (Fsp3) is 0.333. The second-order valence-electron chi connectivity index (χ2n) is 6.19. The molecule has 0 radical (unpaired) electrons. The van der Waals surface area contributed by atoms with Crippen LogP contribution in [0, 0.1) is 6.92 Å². The lowest BCUT2D eigenvalue weighted by atomic mass is 10.1. The number of hydrogen-bond donors (Lipinski definition) is 1. The molecule has 2 aromatic rings. The number of esters is 1. The van der Waals surface area contributed by atoms with Gasteiger partial charge in [0.25, 0.3) is 0 Å². The molecule has 2 aromatic carbocycles. The zero-order chi connectivity index (χ0) is 21.4. The van der Waals surface area contributed by atoms with E-state index in [2.05, 4.69) is 21.2 Å². The third-order valence-corrected chi connectivity index (χ3v) is 4.88. The number of nitrogens with one attached hydrogen (secondary N) is 1. The number of ether oxygens (including phenoxy) is 3. The van der Waals surface area contributed by atoms with Crippen LogP contribution in [0.15, 0.2) is 34.8 Å². The van der Waals surface area contributed by atoms with Gasteiger partial charge >= 0.3 is 5.97 Å². The highest BCUT2D eigenvalue weighted by Gasteiger charge is 2.18. The quantitative estimate of drug-likeness (QED) is 0.381. The molecule has 1 amide bonds. The number of methoxy groups -OCH3 is 1. The van der Waals surface area contributed by atoms with Gasteiger partial charge in [-0.1, -0.05) is 17.7 Å². The van der Waals surface area contributed by atoms with E-state index in [1.165, 1.54) is 19.2 Å². The minimum Gasteiger partial charge on any atom is -0.496 e. The first-order chi connectivity index (χ1) is 13.8. The first kappa shape index (κ1) is 23.0. The summed E-state index contributed by atoms with van der Waals surface area (Å²) in [5.74, 6) is 0.252. The number of hydrogen-bond acceptors (Lipinski definition) is 5. The molecule has 0 spiro atoms. The van der Waals surface area contributed by atoms with Gasteiger partial charge in [0.1, 0.15) is 17.1 Å². The molecule has 0 saturated heterocycles. The maximum Gasteiger partial charge on any atom is 0.341 e. The van der Waals surface area contributed by atoms with Gasteiger partial charge in [-0.3, -0.25) is 4.79 Å². The summed E-state index contributed by atoms with van der Waals surface area (Å²) in [5, 5.41) is 2.96. The number of benzene rings is 2. The summed E-state index contributed by atoms with van der Waals surface area (Å²) in [6.45, 7) is 4.34. The van der Waals surface area contributed by atoms with Gasteiger partial charge in [-0.15, -0.1) is 0 Å². The Kier molecular flexibility index (Phi) is 8.79. The lowest BCUT2D eigenvalue weighted by molar-refractivity contribution is -0.116. The van der Waals surface area contributed by atoms with Gasteiger partial charge in [-0.05, 0) is 60.0 Å². The van der Waals surface area contributed by atoms with Crippen molar-refractivity contribution in [3.05, 3.63) is 51.0 Å². The first-order valence-corrected chi connectivity index (χ1v) is 10.3. The van der Waals surface area contributed by atoms with Crippen LogP contribution in [-0.4, -0.2) is 32.2 Å². The van der Waals surface area contributed by atoms with Crippen LogP contribution < -0.4 is 14.8 Å². The fourth-order valence-electron chi connectivity index (χ4n) is 2.54. The molecular weight excluding hydrogens is 462 g/mol. The highest BCUT2D eigenvalue weighted by Crippen LogP contribution is 2.32. The summed E-state index contributed by atoms with van der Waals surface area (Å²) >= 11 is 9.67. The number of halogens is 2. The van der Waals surface area contributed by atoms with Crippen molar-refractivity contribution in [1.82, 2.24) is 0 Å². The molecule has 1 N–H and O–H groups in total. The van der Waals surface area contributed by atoms with Crippen molar-refractivity contribution in [3.63, 3.8) is 0 Å². The van der Waals surface area contributed by atoms with Crippen LogP contribution in [0.1, 0.15) is 35.7 Å². The summed E-state index contributed by atoms with van der Waals surface area (Å²) in [5.41, 5.74) is 1.70. The standard InChI is InChI=1S/C21H23BrClNO5/c1-4-28-21(26)14-11-16(23)17(12-19(14)27-3)24-20(25)6-5-9-29-18-8-7-13(2)10-15(18)22/h7-8,10-12H,4-6,9H2,1-3H3,(H,24,25). The highest BCUT2D eigenvalue weighted by molar-refractivity contribution is 9.10. The molecule has 0 aliphatic rings. The Morgan fingerprint density at radius 3 is 2.59 bits per heavy atom. The van der Waals surface area contributed by atoms with Gasteiger partial charge in [-0.2, -0.15) is 0 Å². The zero-order valence-corrected chi connectivity index (χ0v) is 18.9. The molecule has 0 fully saturated rings. The van der Waals surface area contributed by atoms with Crippen molar-refractivity contribution in [3.8, 4) is 11.5 Å². The van der Waals surface area contributed by atoms with Crippen LogP contribution in [-0.2, 0) is 9.53 Å². The number of amides is 1. The minimum absolute atomic E-state index is 0.203. The Bertz CT molecular complexity index is 888. The van der Waals surface area contributed by atoms with Crippen molar-refractivity contribution in [2.75, 3.05) is 25.6 Å². The molecule has 8 heteroatoms. The van der Waals surface area contributed by atoms with E-state index in [0.717, 1.165) is 15.8 Å². The maximum atomic E-state index is 12.2. The molecule has 0 aromatic heterocycles. The second-order valence-corrected chi connectivity index (χ2v) is 7.45. The molecule has 156 valence electrons. The lowest BCUT2D eigenvalue weighted by Gasteiger charge is -2.13. The summed E-state index contributed by atoms with van der Waals surface area (Å²) in [7, 11) is 1.43. The second kappa shape index (κ2) is 11.1. The molecule has 0 saturated carbocycles. The van der Waals surface area contributed by atoms with Crippen LogP contribution in [0.5, 0.6) is 11.5 Å². The van der Waals surface area contributed by atoms with Gasteiger partial charge in [0.2, 0.25) is 5.91 Å². The predicted octanol–water partition coefficient (Wildman–Crippen LogP) is 5.39. The summed E-state index contributed by atoms with van der Waals surface area (Å²) in [4.78, 5) is 24.2. The van der Waals surface area contributed by atoms with E-state index < -0.39 is 5.97 Å². The number of carbonyl (C=O) groups excluding carboxylic acids is 2. The maximum absolute atomic E-state index is 12.2. The smallest absolute Gasteiger partial charge is 0.341 e. The van der Waals surface area contributed by atoms with Crippen LogP contribution in [0.2, 0.25) is 5.02 Å². The van der Waals surface area contributed by atoms with Crippen LogP contribution in [0.25, 0.3) is 0 Å². The van der Waals surface area contributed by atoms with E-state index in [1.54, 1.807) is 6.92 Å². The molecule has 0 heterocycles. The lowest BCUT2D eigenvalue weighted by Crippen LogP contribution is -2.14. The monoisotopic (exact) mass is 483 g/mol. The molecule has 0 bridgehead atoms. The molecule has 2 rings (SSSR count). The topological polar surface area (TPSA) is 73.9 Å². The van der Waals surface area contributed by atoms with E-state index in [9.17, 15) is 9.59 Å². The molecule has 0 unspecified atom stereocenters. The molecule has 0 atom stereocenters. The zero-order valence-electron chi connectivity index (χ0n) is 16.5. The van der Waals surface area contributed by atoms with Gasteiger partial charge in [0.05, 0.1) is 35.5 Å². The van der Waals surface area contributed by atoms with Crippen LogP contribution in [0.3, 0.4) is 0 Å². The van der Waals surface area contributed by atoms with E-state index in [0.29, 0.717) is 18.7 Å². The Morgan fingerprint density at radius 1 is 1.17 bits per heavy atom. The van der Waals surface area contributed by atoms with E-state index in [1.807, 2.05) is 25.1 Å². The molecule has 0 aliphatic heterocycles. The average Bonchev–Trinajstić information content (AvgIpc) is 2.68. The minimum atomic E-state index is -0.538. The first-order valence-electron chi connectivity index (χ1n) is 9.09.